The van der Waals surface area contributed by atoms with Crippen molar-refractivity contribution in [2.45, 2.75) is 13.5 Å². The molecule has 0 aliphatic heterocycles. The van der Waals surface area contributed by atoms with Crippen molar-refractivity contribution in [3.05, 3.63) is 89.6 Å². The maximum atomic E-state index is 12.2. The summed E-state index contributed by atoms with van der Waals surface area (Å²) < 4.78 is 0. The summed E-state index contributed by atoms with van der Waals surface area (Å²) in [5.74, 6) is 0.373. The molecule has 0 atom stereocenters. The summed E-state index contributed by atoms with van der Waals surface area (Å²) in [7, 11) is 0. The maximum Gasteiger partial charge on any atom is 0.256 e. The third-order valence-electron chi connectivity index (χ3n) is 3.66. The van der Waals surface area contributed by atoms with Gasteiger partial charge >= 0.3 is 0 Å². The van der Waals surface area contributed by atoms with Crippen LogP contribution >= 0.6 is 0 Å². The Morgan fingerprint density at radius 3 is 2.38 bits per heavy atom. The fraction of sp³-hybridized carbons (Fsp3) is 0.100. The van der Waals surface area contributed by atoms with Gasteiger partial charge in [0.2, 0.25) is 0 Å². The Balaban J connectivity index is 1.58. The van der Waals surface area contributed by atoms with Gasteiger partial charge in [0.15, 0.2) is 0 Å². The molecule has 0 saturated carbocycles. The van der Waals surface area contributed by atoms with E-state index < -0.39 is 0 Å². The minimum atomic E-state index is -0.160. The number of pyridine rings is 1. The number of aryl methyl sites for hydroxylation is 1. The number of carbonyl (C=O) groups is 1. The molecule has 0 fully saturated rings. The lowest BCUT2D eigenvalue weighted by atomic mass is 10.1. The van der Waals surface area contributed by atoms with E-state index in [2.05, 4.69) is 27.8 Å². The Bertz CT molecular complexity index is 797. The van der Waals surface area contributed by atoms with Crippen molar-refractivity contribution in [3.8, 4) is 0 Å². The predicted octanol–water partition coefficient (Wildman–Crippen LogP) is 4.25. The number of hydrogen-bond donors (Lipinski definition) is 2. The van der Waals surface area contributed by atoms with Crippen LogP contribution in [0, 0.1) is 6.92 Å². The number of amides is 1. The zero-order valence-corrected chi connectivity index (χ0v) is 13.5. The molecule has 24 heavy (non-hydrogen) atoms. The van der Waals surface area contributed by atoms with Crippen LogP contribution < -0.4 is 10.6 Å². The fourth-order valence-electron chi connectivity index (χ4n) is 2.27. The Hall–Kier alpha value is -3.14. The number of anilines is 2. The zero-order chi connectivity index (χ0) is 16.8. The van der Waals surface area contributed by atoms with Crippen molar-refractivity contribution >= 4 is 17.4 Å². The summed E-state index contributed by atoms with van der Waals surface area (Å²) in [6.45, 7) is 2.72. The van der Waals surface area contributed by atoms with Crippen molar-refractivity contribution in [1.29, 1.82) is 0 Å². The van der Waals surface area contributed by atoms with E-state index in [-0.39, 0.29) is 5.91 Å². The maximum absolute atomic E-state index is 12.2. The molecule has 1 aromatic heterocycles. The second-order valence-corrected chi connectivity index (χ2v) is 5.59. The van der Waals surface area contributed by atoms with Crippen LogP contribution in [0.25, 0.3) is 0 Å². The van der Waals surface area contributed by atoms with E-state index in [1.807, 2.05) is 43.3 Å². The number of rotatable bonds is 5. The van der Waals surface area contributed by atoms with Crippen molar-refractivity contribution in [2.24, 2.45) is 0 Å². The van der Waals surface area contributed by atoms with Gasteiger partial charge in [0, 0.05) is 12.1 Å². The molecule has 0 saturated heterocycles. The number of aromatic nitrogens is 1. The van der Waals surface area contributed by atoms with Crippen LogP contribution in [0.1, 0.15) is 21.5 Å². The van der Waals surface area contributed by atoms with Gasteiger partial charge in [-0.3, -0.25) is 4.79 Å². The lowest BCUT2D eigenvalue weighted by molar-refractivity contribution is 0.102. The highest BCUT2D eigenvalue weighted by Crippen LogP contribution is 2.13. The van der Waals surface area contributed by atoms with E-state index in [4.69, 9.17) is 0 Å². The average Bonchev–Trinajstić information content (AvgIpc) is 2.62. The molecule has 2 N–H and O–H groups in total. The Kier molecular flexibility index (Phi) is 4.87. The van der Waals surface area contributed by atoms with Crippen molar-refractivity contribution in [1.82, 2.24) is 4.98 Å². The zero-order valence-electron chi connectivity index (χ0n) is 13.5. The summed E-state index contributed by atoms with van der Waals surface area (Å²) in [6, 6.07) is 21.3. The molecule has 0 aliphatic carbocycles. The summed E-state index contributed by atoms with van der Waals surface area (Å²) in [4.78, 5) is 16.4. The van der Waals surface area contributed by atoms with Crippen molar-refractivity contribution in [3.63, 3.8) is 0 Å². The first-order valence-corrected chi connectivity index (χ1v) is 7.82. The molecular weight excluding hydrogens is 298 g/mol. The lowest BCUT2D eigenvalue weighted by Crippen LogP contribution is -2.12. The van der Waals surface area contributed by atoms with E-state index in [0.29, 0.717) is 11.4 Å². The Morgan fingerprint density at radius 2 is 1.71 bits per heavy atom. The molecule has 0 unspecified atom stereocenters. The van der Waals surface area contributed by atoms with E-state index in [0.717, 1.165) is 17.8 Å². The van der Waals surface area contributed by atoms with E-state index in [1.165, 1.54) is 5.56 Å². The van der Waals surface area contributed by atoms with Gasteiger partial charge in [-0.05, 0) is 36.8 Å². The molecule has 4 heteroatoms. The summed E-state index contributed by atoms with van der Waals surface area (Å²) in [6.07, 6.45) is 1.72. The molecule has 4 nitrogen and oxygen atoms in total. The summed E-state index contributed by atoms with van der Waals surface area (Å²) in [5, 5.41) is 6.11. The van der Waals surface area contributed by atoms with E-state index in [9.17, 15) is 4.79 Å². The molecule has 0 bridgehead atoms. The molecule has 3 aromatic rings. The van der Waals surface area contributed by atoms with Crippen LogP contribution in [0.3, 0.4) is 0 Å². The van der Waals surface area contributed by atoms with Crippen molar-refractivity contribution < 1.29 is 4.79 Å². The van der Waals surface area contributed by atoms with Gasteiger partial charge in [0.1, 0.15) is 5.82 Å². The molecule has 1 heterocycles. The Labute approximate surface area is 141 Å². The average molecular weight is 317 g/mol. The minimum Gasteiger partial charge on any atom is -0.380 e. The second-order valence-electron chi connectivity index (χ2n) is 5.59. The first kappa shape index (κ1) is 15.7. The Morgan fingerprint density at radius 1 is 0.958 bits per heavy atom. The first-order valence-electron chi connectivity index (χ1n) is 7.82. The van der Waals surface area contributed by atoms with E-state index >= 15 is 0 Å². The van der Waals surface area contributed by atoms with Gasteiger partial charge in [-0.15, -0.1) is 0 Å². The molecular formula is C20H19N3O. The quantitative estimate of drug-likeness (QED) is 0.739. The van der Waals surface area contributed by atoms with Gasteiger partial charge in [-0.1, -0.05) is 48.0 Å². The third kappa shape index (κ3) is 4.20. The third-order valence-corrected chi connectivity index (χ3v) is 3.66. The SMILES string of the molecule is Cc1ccc(C(=O)Nc2ccc(NCc3ccccc3)cn2)cc1. The molecule has 0 spiro atoms. The van der Waals surface area contributed by atoms with Crippen molar-refractivity contribution in [2.75, 3.05) is 10.6 Å². The van der Waals surface area contributed by atoms with Crippen LogP contribution in [-0.4, -0.2) is 10.9 Å². The minimum absolute atomic E-state index is 0.160. The molecule has 0 aliphatic rings. The molecule has 1 amide bonds. The highest BCUT2D eigenvalue weighted by atomic mass is 16.1. The van der Waals surface area contributed by atoms with Gasteiger partial charge in [-0.2, -0.15) is 0 Å². The highest BCUT2D eigenvalue weighted by Gasteiger charge is 2.06. The van der Waals surface area contributed by atoms with E-state index in [1.54, 1.807) is 24.4 Å². The summed E-state index contributed by atoms with van der Waals surface area (Å²) in [5.41, 5.74) is 3.86. The number of benzene rings is 2. The van der Waals surface area contributed by atoms with Gasteiger partial charge in [0.05, 0.1) is 11.9 Å². The molecule has 3 rings (SSSR count). The number of carbonyl (C=O) groups excluding carboxylic acids is 1. The number of hydrogen-bond acceptors (Lipinski definition) is 3. The molecule has 0 radical (unpaired) electrons. The molecule has 2 aromatic carbocycles. The van der Waals surface area contributed by atoms with Crippen LogP contribution in [0.5, 0.6) is 0 Å². The van der Waals surface area contributed by atoms with Gasteiger partial charge < -0.3 is 10.6 Å². The number of nitrogens with zero attached hydrogens (tertiary/aromatic N) is 1. The highest BCUT2D eigenvalue weighted by molar-refractivity contribution is 6.03. The van der Waals surface area contributed by atoms with Crippen LogP contribution in [0.2, 0.25) is 0 Å². The van der Waals surface area contributed by atoms with Crippen LogP contribution in [0.15, 0.2) is 72.9 Å². The first-order chi connectivity index (χ1) is 11.7. The van der Waals surface area contributed by atoms with Crippen LogP contribution in [-0.2, 0) is 6.54 Å². The number of nitrogens with one attached hydrogen (secondary N) is 2. The largest absolute Gasteiger partial charge is 0.380 e. The topological polar surface area (TPSA) is 54.0 Å². The molecule has 120 valence electrons. The normalized spacial score (nSPS) is 10.2. The van der Waals surface area contributed by atoms with Gasteiger partial charge in [-0.25, -0.2) is 4.98 Å². The smallest absolute Gasteiger partial charge is 0.256 e. The monoisotopic (exact) mass is 317 g/mol. The summed E-state index contributed by atoms with van der Waals surface area (Å²) >= 11 is 0. The van der Waals surface area contributed by atoms with Crippen LogP contribution in [0.4, 0.5) is 11.5 Å². The standard InChI is InChI=1S/C20H19N3O/c1-15-7-9-17(10-8-15)20(24)23-19-12-11-18(14-22-19)21-13-16-5-3-2-4-6-16/h2-12,14,21H,13H2,1H3,(H,22,23,24). The predicted molar refractivity (Wildman–Crippen MR) is 97.1 cm³/mol. The lowest BCUT2D eigenvalue weighted by Gasteiger charge is -2.08. The fourth-order valence-corrected chi connectivity index (χ4v) is 2.27. The second kappa shape index (κ2) is 7.42. The van der Waals surface area contributed by atoms with Gasteiger partial charge in [0.25, 0.3) is 5.91 Å².